The summed E-state index contributed by atoms with van der Waals surface area (Å²) < 4.78 is 17.8. The first-order valence-corrected chi connectivity index (χ1v) is 10.6. The van der Waals surface area contributed by atoms with E-state index in [1.54, 1.807) is 27.4 Å². The Hall–Kier alpha value is -2.57. The molecule has 0 atom stereocenters. The van der Waals surface area contributed by atoms with Gasteiger partial charge in [-0.3, -0.25) is 0 Å². The van der Waals surface area contributed by atoms with Crippen molar-refractivity contribution in [1.29, 1.82) is 0 Å². The number of rotatable bonds is 10. The zero-order chi connectivity index (χ0) is 22.3. The molecule has 0 amide bonds. The van der Waals surface area contributed by atoms with Crippen LogP contribution in [0.15, 0.2) is 66.3 Å². The molecule has 6 heteroatoms. The molecule has 0 aliphatic heterocycles. The molecule has 1 aliphatic carbocycles. The van der Waals surface area contributed by atoms with Crippen LogP contribution in [0.25, 0.3) is 0 Å². The predicted octanol–water partition coefficient (Wildman–Crippen LogP) is 4.13. The second-order valence-electron chi connectivity index (χ2n) is 8.70. The Morgan fingerprint density at radius 2 is 1.77 bits per heavy atom. The minimum absolute atomic E-state index is 0.378. The monoisotopic (exact) mass is 420 g/mol. The largest absolute Gasteiger partial charge is 0.473 e. The molecule has 1 N–H and O–H groups in total. The number of allylic oxidation sites excluding steroid dienone is 3. The maximum atomic E-state index is 10.4. The van der Waals surface area contributed by atoms with E-state index in [0.717, 1.165) is 18.4 Å². The standard InChI is InChI=1S/C25H31BNO4/c1-24(2,28)25(3,4)31-26-21-15-16-22(29-17-19-11-7-5-8-12-19)27-23(21)30-18-20-13-9-6-10-14-20/h5-7,9-11,13-16,28H,8,12,17-18H2,1-4H3. The summed E-state index contributed by atoms with van der Waals surface area (Å²) in [7, 11) is 1.59. The summed E-state index contributed by atoms with van der Waals surface area (Å²) in [5.74, 6) is 0.919. The molecule has 5 nitrogen and oxygen atoms in total. The summed E-state index contributed by atoms with van der Waals surface area (Å²) in [4.78, 5) is 4.57. The average Bonchev–Trinajstić information content (AvgIpc) is 2.76. The molecule has 1 radical (unpaired) electrons. The fourth-order valence-corrected chi connectivity index (χ4v) is 2.74. The smallest absolute Gasteiger partial charge is 0.336 e. The molecule has 1 aromatic heterocycles. The van der Waals surface area contributed by atoms with Crippen molar-refractivity contribution in [2.75, 3.05) is 6.61 Å². The van der Waals surface area contributed by atoms with Gasteiger partial charge in [-0.1, -0.05) is 54.6 Å². The van der Waals surface area contributed by atoms with Gasteiger partial charge >= 0.3 is 7.48 Å². The Bertz CT molecular complexity index is 917. The third kappa shape index (κ3) is 6.71. The molecular formula is C25H31BNO4. The highest BCUT2D eigenvalue weighted by molar-refractivity contribution is 6.48. The van der Waals surface area contributed by atoms with E-state index in [1.165, 1.54) is 5.57 Å². The van der Waals surface area contributed by atoms with Crippen molar-refractivity contribution in [2.45, 2.75) is 58.3 Å². The van der Waals surface area contributed by atoms with Gasteiger partial charge in [-0.2, -0.15) is 4.98 Å². The summed E-state index contributed by atoms with van der Waals surface area (Å²) in [5.41, 5.74) is 1.15. The number of ether oxygens (including phenoxy) is 2. The van der Waals surface area contributed by atoms with E-state index in [2.05, 4.69) is 23.2 Å². The van der Waals surface area contributed by atoms with Crippen molar-refractivity contribution in [3.63, 3.8) is 0 Å². The van der Waals surface area contributed by atoms with Gasteiger partial charge in [-0.05, 0) is 51.7 Å². The van der Waals surface area contributed by atoms with Crippen molar-refractivity contribution >= 4 is 12.9 Å². The number of hydrogen-bond acceptors (Lipinski definition) is 5. The summed E-state index contributed by atoms with van der Waals surface area (Å²) in [5, 5.41) is 10.4. The Morgan fingerprint density at radius 1 is 1.00 bits per heavy atom. The Morgan fingerprint density at radius 3 is 2.45 bits per heavy atom. The summed E-state index contributed by atoms with van der Waals surface area (Å²) in [6, 6.07) is 13.6. The molecule has 163 valence electrons. The van der Waals surface area contributed by atoms with E-state index < -0.39 is 11.2 Å². The van der Waals surface area contributed by atoms with Gasteiger partial charge in [0.05, 0.1) is 11.2 Å². The normalized spacial score (nSPS) is 14.2. The van der Waals surface area contributed by atoms with E-state index in [9.17, 15) is 5.11 Å². The highest BCUT2D eigenvalue weighted by Crippen LogP contribution is 2.25. The lowest BCUT2D eigenvalue weighted by atomic mass is 9.83. The van der Waals surface area contributed by atoms with Gasteiger partial charge in [0.15, 0.2) is 0 Å². The van der Waals surface area contributed by atoms with Gasteiger partial charge in [-0.25, -0.2) is 0 Å². The molecule has 0 spiro atoms. The average molecular weight is 420 g/mol. The Kier molecular flexibility index (Phi) is 7.57. The van der Waals surface area contributed by atoms with Crippen molar-refractivity contribution in [1.82, 2.24) is 4.98 Å². The second kappa shape index (κ2) is 10.2. The number of benzene rings is 1. The molecule has 0 unspecified atom stereocenters. The fraction of sp³-hybridized carbons (Fsp3) is 0.400. The number of aromatic nitrogens is 1. The summed E-state index contributed by atoms with van der Waals surface area (Å²) in [6.07, 6.45) is 8.34. The van der Waals surface area contributed by atoms with Gasteiger partial charge < -0.3 is 19.2 Å². The first kappa shape index (κ1) is 23.1. The molecule has 0 saturated heterocycles. The van der Waals surface area contributed by atoms with Crippen LogP contribution in [0, 0.1) is 0 Å². The number of hydrogen-bond donors (Lipinski definition) is 1. The summed E-state index contributed by atoms with van der Waals surface area (Å²) >= 11 is 0. The Labute approximate surface area is 186 Å². The molecule has 0 fully saturated rings. The first-order chi connectivity index (χ1) is 14.7. The van der Waals surface area contributed by atoms with Crippen LogP contribution in [0.2, 0.25) is 0 Å². The fourth-order valence-electron chi connectivity index (χ4n) is 2.74. The van der Waals surface area contributed by atoms with Gasteiger partial charge in [0, 0.05) is 11.5 Å². The van der Waals surface area contributed by atoms with Crippen molar-refractivity contribution in [3.8, 4) is 11.8 Å². The van der Waals surface area contributed by atoms with E-state index in [4.69, 9.17) is 14.1 Å². The topological polar surface area (TPSA) is 60.8 Å². The molecule has 2 aromatic rings. The van der Waals surface area contributed by atoms with Gasteiger partial charge in [0.2, 0.25) is 11.8 Å². The van der Waals surface area contributed by atoms with E-state index in [1.807, 2.05) is 50.2 Å². The third-order valence-corrected chi connectivity index (χ3v) is 5.54. The van der Waals surface area contributed by atoms with E-state index in [-0.39, 0.29) is 0 Å². The number of aliphatic hydroxyl groups is 1. The highest BCUT2D eigenvalue weighted by atomic mass is 16.5. The minimum atomic E-state index is -1.02. The second-order valence-corrected chi connectivity index (χ2v) is 8.70. The molecule has 3 rings (SSSR count). The molecule has 31 heavy (non-hydrogen) atoms. The zero-order valence-electron chi connectivity index (χ0n) is 18.8. The maximum Gasteiger partial charge on any atom is 0.336 e. The van der Waals surface area contributed by atoms with Crippen molar-refractivity contribution in [3.05, 3.63) is 71.8 Å². The van der Waals surface area contributed by atoms with Crippen LogP contribution in [0.3, 0.4) is 0 Å². The predicted molar refractivity (Wildman–Crippen MR) is 124 cm³/mol. The Balaban J connectivity index is 1.74. The lowest BCUT2D eigenvalue weighted by Gasteiger charge is -2.37. The van der Waals surface area contributed by atoms with Gasteiger partial charge in [0.25, 0.3) is 0 Å². The van der Waals surface area contributed by atoms with Crippen LogP contribution < -0.4 is 14.9 Å². The van der Waals surface area contributed by atoms with Crippen molar-refractivity contribution < 1.29 is 19.2 Å². The van der Waals surface area contributed by atoms with Crippen LogP contribution in [-0.4, -0.2) is 35.4 Å². The lowest BCUT2D eigenvalue weighted by Crippen LogP contribution is -2.49. The number of pyridine rings is 1. The van der Waals surface area contributed by atoms with Crippen molar-refractivity contribution in [2.24, 2.45) is 0 Å². The molecule has 1 aliphatic rings. The molecule has 0 saturated carbocycles. The van der Waals surface area contributed by atoms with Crippen LogP contribution in [0.1, 0.15) is 46.1 Å². The highest BCUT2D eigenvalue weighted by Gasteiger charge is 2.36. The minimum Gasteiger partial charge on any atom is -0.473 e. The van der Waals surface area contributed by atoms with E-state index in [0.29, 0.717) is 30.4 Å². The van der Waals surface area contributed by atoms with Crippen LogP contribution in [0.4, 0.5) is 0 Å². The first-order valence-electron chi connectivity index (χ1n) is 10.6. The molecular weight excluding hydrogens is 389 g/mol. The zero-order valence-corrected chi connectivity index (χ0v) is 18.8. The van der Waals surface area contributed by atoms with Gasteiger partial charge in [-0.15, -0.1) is 0 Å². The third-order valence-electron chi connectivity index (χ3n) is 5.54. The van der Waals surface area contributed by atoms with Crippen LogP contribution >= 0.6 is 0 Å². The number of nitrogens with zero attached hydrogens (tertiary/aromatic N) is 1. The van der Waals surface area contributed by atoms with Gasteiger partial charge in [0.1, 0.15) is 13.2 Å². The van der Waals surface area contributed by atoms with E-state index >= 15 is 0 Å². The summed E-state index contributed by atoms with van der Waals surface area (Å²) in [6.45, 7) is 8.00. The van der Waals surface area contributed by atoms with Crippen LogP contribution in [-0.2, 0) is 11.3 Å². The molecule has 1 heterocycles. The molecule has 1 aromatic carbocycles. The maximum absolute atomic E-state index is 10.4. The quantitative estimate of drug-likeness (QED) is 0.586. The lowest BCUT2D eigenvalue weighted by molar-refractivity contribution is -0.0893. The SMILES string of the molecule is CC(C)(O)C(C)(C)O[B]c1ccc(OCC2=CC=CCC2)nc1OCc1ccccc1. The van der Waals surface area contributed by atoms with Crippen LogP contribution in [0.5, 0.6) is 11.8 Å². The molecule has 0 bridgehead atoms.